The second kappa shape index (κ2) is 8.37. The third kappa shape index (κ3) is 4.68. The first-order valence-corrected chi connectivity index (χ1v) is 10.6. The minimum Gasteiger partial charge on any atom is -0.354 e. The molecule has 0 aliphatic rings. The molecule has 3 aromatic heterocycles. The minimum atomic E-state index is 0.0691. The highest BCUT2D eigenvalue weighted by atomic mass is 15.2. The van der Waals surface area contributed by atoms with Gasteiger partial charge in [0.1, 0.15) is 5.52 Å². The number of rotatable bonds is 7. The highest BCUT2D eigenvalue weighted by molar-refractivity contribution is 5.87. The molecular formula is C23H30N8. The third-order valence-electron chi connectivity index (χ3n) is 5.36. The molecule has 0 radical (unpaired) electrons. The van der Waals surface area contributed by atoms with Crippen molar-refractivity contribution >= 4 is 28.6 Å². The van der Waals surface area contributed by atoms with Crippen LogP contribution in [0.3, 0.4) is 0 Å². The lowest BCUT2D eigenvalue weighted by Gasteiger charge is -2.21. The van der Waals surface area contributed by atoms with Crippen LogP contribution < -0.4 is 10.6 Å². The number of hydrogen-bond acceptors (Lipinski definition) is 6. The van der Waals surface area contributed by atoms with Crippen LogP contribution in [-0.4, -0.2) is 35.6 Å². The smallest absolute Gasteiger partial charge is 0.226 e. The van der Waals surface area contributed by atoms with E-state index in [1.165, 1.54) is 5.56 Å². The Bertz CT molecular complexity index is 1170. The zero-order valence-corrected chi connectivity index (χ0v) is 18.8. The predicted octanol–water partition coefficient (Wildman–Crippen LogP) is 4.41. The molecule has 3 heterocycles. The molecular weight excluding hydrogens is 388 g/mol. The average molecular weight is 419 g/mol. The van der Waals surface area contributed by atoms with E-state index in [4.69, 9.17) is 4.98 Å². The quantitative estimate of drug-likeness (QED) is 0.432. The summed E-state index contributed by atoms with van der Waals surface area (Å²) in [6, 6.07) is 6.55. The summed E-state index contributed by atoms with van der Waals surface area (Å²) in [6.45, 7) is 10.4. The first-order valence-electron chi connectivity index (χ1n) is 10.6. The Balaban J connectivity index is 1.58. The van der Waals surface area contributed by atoms with E-state index in [0.29, 0.717) is 11.6 Å². The van der Waals surface area contributed by atoms with E-state index >= 15 is 0 Å². The second-order valence-electron chi connectivity index (χ2n) is 8.91. The van der Waals surface area contributed by atoms with Gasteiger partial charge in [-0.1, -0.05) is 32.9 Å². The van der Waals surface area contributed by atoms with Crippen LogP contribution in [0.15, 0.2) is 43.2 Å². The topological polar surface area (TPSA) is 85.5 Å². The summed E-state index contributed by atoms with van der Waals surface area (Å²) in [5.74, 6) is 1.32. The summed E-state index contributed by atoms with van der Waals surface area (Å²) >= 11 is 0. The van der Waals surface area contributed by atoms with Gasteiger partial charge in [-0.05, 0) is 36.0 Å². The summed E-state index contributed by atoms with van der Waals surface area (Å²) in [7, 11) is 1.96. The fourth-order valence-corrected chi connectivity index (χ4v) is 3.45. The van der Waals surface area contributed by atoms with E-state index in [1.54, 1.807) is 12.5 Å². The van der Waals surface area contributed by atoms with Gasteiger partial charge in [-0.25, -0.2) is 9.97 Å². The highest BCUT2D eigenvalue weighted by Gasteiger charge is 2.17. The van der Waals surface area contributed by atoms with Crippen molar-refractivity contribution in [2.45, 2.75) is 46.1 Å². The number of benzene rings is 1. The zero-order valence-electron chi connectivity index (χ0n) is 18.8. The van der Waals surface area contributed by atoms with E-state index in [-0.39, 0.29) is 5.41 Å². The number of fused-ring (bicyclic) bond motifs is 1. The van der Waals surface area contributed by atoms with Crippen molar-refractivity contribution in [2.75, 3.05) is 17.2 Å². The van der Waals surface area contributed by atoms with Crippen molar-refractivity contribution in [3.8, 4) is 0 Å². The molecule has 0 spiro atoms. The summed E-state index contributed by atoms with van der Waals surface area (Å²) < 4.78 is 4.01. The maximum Gasteiger partial charge on any atom is 0.226 e. The summed E-state index contributed by atoms with van der Waals surface area (Å²) in [6.07, 6.45) is 8.29. The SMILES string of the molecule is Cc1ccc(C(C)(C)C)cc1Nc1nc(NCCCn2ccnc2)nc2ncn(C)c12. The van der Waals surface area contributed by atoms with Gasteiger partial charge < -0.3 is 19.8 Å². The fourth-order valence-electron chi connectivity index (χ4n) is 3.45. The van der Waals surface area contributed by atoms with E-state index in [0.717, 1.165) is 42.1 Å². The first-order chi connectivity index (χ1) is 14.8. The van der Waals surface area contributed by atoms with Crippen LogP contribution in [0.25, 0.3) is 11.2 Å². The van der Waals surface area contributed by atoms with Gasteiger partial charge in [-0.3, -0.25) is 0 Å². The highest BCUT2D eigenvalue weighted by Crippen LogP contribution is 2.30. The number of nitrogens with one attached hydrogen (secondary N) is 2. The van der Waals surface area contributed by atoms with Crippen LogP contribution >= 0.6 is 0 Å². The summed E-state index contributed by atoms with van der Waals surface area (Å²) in [4.78, 5) is 17.9. The molecule has 31 heavy (non-hydrogen) atoms. The molecule has 1 aromatic carbocycles. The molecule has 0 unspecified atom stereocenters. The van der Waals surface area contributed by atoms with Gasteiger partial charge >= 0.3 is 0 Å². The van der Waals surface area contributed by atoms with E-state index in [1.807, 2.05) is 24.1 Å². The van der Waals surface area contributed by atoms with Gasteiger partial charge in [0, 0.05) is 38.2 Å². The molecule has 162 valence electrons. The molecule has 0 saturated carbocycles. The van der Waals surface area contributed by atoms with Crippen molar-refractivity contribution in [3.63, 3.8) is 0 Å². The fraction of sp³-hybridized carbons (Fsp3) is 0.391. The molecule has 4 rings (SSSR count). The molecule has 8 nitrogen and oxygen atoms in total. The number of imidazole rings is 2. The Morgan fingerprint density at radius 3 is 2.68 bits per heavy atom. The predicted molar refractivity (Wildman–Crippen MR) is 125 cm³/mol. The molecule has 0 saturated heterocycles. The van der Waals surface area contributed by atoms with Gasteiger partial charge in [0.2, 0.25) is 5.95 Å². The summed E-state index contributed by atoms with van der Waals surface area (Å²) in [5.41, 5.74) is 5.09. The standard InChI is InChI=1S/C23H30N8/c1-16-7-8-17(23(2,3)4)13-18(16)27-21-19-20(26-15-30(19)5)28-22(29-21)25-9-6-11-31-12-10-24-14-31/h7-8,10,12-15H,6,9,11H2,1-5H3,(H2,25,27,28,29). The Morgan fingerprint density at radius 2 is 1.94 bits per heavy atom. The summed E-state index contributed by atoms with van der Waals surface area (Å²) in [5, 5.41) is 6.88. The molecule has 8 heteroatoms. The van der Waals surface area contributed by atoms with Crippen molar-refractivity contribution in [2.24, 2.45) is 7.05 Å². The number of nitrogens with zero attached hydrogens (tertiary/aromatic N) is 6. The molecule has 0 atom stereocenters. The van der Waals surface area contributed by atoms with Crippen LogP contribution in [0.4, 0.5) is 17.5 Å². The van der Waals surface area contributed by atoms with Crippen LogP contribution in [0.1, 0.15) is 38.3 Å². The van der Waals surface area contributed by atoms with E-state index in [9.17, 15) is 0 Å². The Hall–Kier alpha value is -3.42. The molecule has 0 aliphatic carbocycles. The van der Waals surface area contributed by atoms with Gasteiger partial charge in [-0.2, -0.15) is 9.97 Å². The maximum absolute atomic E-state index is 4.78. The lowest BCUT2D eigenvalue weighted by molar-refractivity contribution is 0.590. The second-order valence-corrected chi connectivity index (χ2v) is 8.91. The Morgan fingerprint density at radius 1 is 1.10 bits per heavy atom. The first kappa shape index (κ1) is 20.8. The molecule has 0 aliphatic heterocycles. The molecule has 0 fully saturated rings. The minimum absolute atomic E-state index is 0.0691. The van der Waals surface area contributed by atoms with Crippen molar-refractivity contribution in [1.82, 2.24) is 29.1 Å². The monoisotopic (exact) mass is 418 g/mol. The Labute approximate surface area is 182 Å². The van der Waals surface area contributed by atoms with Gasteiger partial charge in [0.25, 0.3) is 0 Å². The van der Waals surface area contributed by atoms with Crippen LogP contribution in [-0.2, 0) is 19.0 Å². The number of aryl methyl sites for hydroxylation is 3. The number of hydrogen-bond donors (Lipinski definition) is 2. The largest absolute Gasteiger partial charge is 0.354 e. The van der Waals surface area contributed by atoms with Crippen LogP contribution in [0, 0.1) is 6.92 Å². The van der Waals surface area contributed by atoms with Crippen molar-refractivity contribution in [1.29, 1.82) is 0 Å². The maximum atomic E-state index is 4.78. The number of anilines is 3. The molecule has 4 aromatic rings. The average Bonchev–Trinajstić information content (AvgIpc) is 3.36. The normalized spacial score (nSPS) is 11.8. The third-order valence-corrected chi connectivity index (χ3v) is 5.36. The van der Waals surface area contributed by atoms with Crippen LogP contribution in [0.5, 0.6) is 0 Å². The van der Waals surface area contributed by atoms with Crippen LogP contribution in [0.2, 0.25) is 0 Å². The van der Waals surface area contributed by atoms with E-state index < -0.39 is 0 Å². The van der Waals surface area contributed by atoms with Crippen molar-refractivity contribution in [3.05, 3.63) is 54.4 Å². The lowest BCUT2D eigenvalue weighted by Crippen LogP contribution is -2.12. The van der Waals surface area contributed by atoms with Gasteiger partial charge in [0.15, 0.2) is 11.5 Å². The van der Waals surface area contributed by atoms with E-state index in [2.05, 4.69) is 76.0 Å². The van der Waals surface area contributed by atoms with Gasteiger partial charge in [0.05, 0.1) is 12.7 Å². The lowest BCUT2D eigenvalue weighted by atomic mass is 9.86. The van der Waals surface area contributed by atoms with Gasteiger partial charge in [-0.15, -0.1) is 0 Å². The van der Waals surface area contributed by atoms with Crippen molar-refractivity contribution < 1.29 is 0 Å². The zero-order chi connectivity index (χ0) is 22.0. The molecule has 2 N–H and O–H groups in total. The molecule has 0 amide bonds. The Kier molecular flexibility index (Phi) is 5.63. The number of aromatic nitrogens is 6. The molecule has 0 bridgehead atoms.